The smallest absolute Gasteiger partial charge is 0.333 e. The van der Waals surface area contributed by atoms with E-state index in [2.05, 4.69) is 28.0 Å². The van der Waals surface area contributed by atoms with Crippen molar-refractivity contribution in [3.05, 3.63) is 23.8 Å². The van der Waals surface area contributed by atoms with E-state index in [0.717, 1.165) is 12.6 Å². The molecule has 9 heteroatoms. The fourth-order valence-corrected chi connectivity index (χ4v) is 1.63. The summed E-state index contributed by atoms with van der Waals surface area (Å²) >= 11 is 4.06. The van der Waals surface area contributed by atoms with Gasteiger partial charge in [-0.3, -0.25) is 15.4 Å². The normalized spacial score (nSPS) is 10.3. The lowest BCUT2D eigenvalue weighted by Crippen LogP contribution is -2.46. The van der Waals surface area contributed by atoms with E-state index in [1.165, 1.54) is 0 Å². The molecule has 8 nitrogen and oxygen atoms in total. The number of thiol groups is 1. The minimum absolute atomic E-state index is 0.310. The standard InChI is InChI=1S/C10H11N5O3S/c1-15(18)10(17)14-13-8(16)5-2-3-6-7(4-5)12-9(19)11-6/h2-4,18H,1H3,(H,13,16)(H,14,17)(H2,11,12,19). The predicted octanol–water partition coefficient (Wildman–Crippen LogP) is 0.527. The second kappa shape index (κ2) is 5.16. The molecule has 0 spiro atoms. The molecule has 1 heterocycles. The lowest BCUT2D eigenvalue weighted by molar-refractivity contribution is -0.0194. The quantitative estimate of drug-likeness (QED) is 0.298. The van der Waals surface area contributed by atoms with Crippen LogP contribution in [0.25, 0.3) is 11.0 Å². The Kier molecular flexibility index (Phi) is 3.58. The maximum Gasteiger partial charge on any atom is 0.359 e. The fourth-order valence-electron chi connectivity index (χ4n) is 1.40. The Balaban J connectivity index is 2.10. The van der Waals surface area contributed by atoms with E-state index in [1.54, 1.807) is 18.2 Å². The number of hydrogen-bond acceptors (Lipinski definition) is 5. The number of fused-ring (bicyclic) bond motifs is 1. The third kappa shape index (κ3) is 2.95. The van der Waals surface area contributed by atoms with Crippen LogP contribution in [0.2, 0.25) is 0 Å². The molecule has 0 fully saturated rings. The second-order valence-electron chi connectivity index (χ2n) is 3.70. The van der Waals surface area contributed by atoms with Crippen molar-refractivity contribution in [3.8, 4) is 0 Å². The van der Waals surface area contributed by atoms with Crippen molar-refractivity contribution >= 4 is 35.6 Å². The maximum absolute atomic E-state index is 11.7. The maximum atomic E-state index is 11.7. The van der Waals surface area contributed by atoms with Gasteiger partial charge in [-0.1, -0.05) is 0 Å². The number of aromatic nitrogens is 2. The summed E-state index contributed by atoms with van der Waals surface area (Å²) in [6, 6.07) is 3.94. The summed E-state index contributed by atoms with van der Waals surface area (Å²) in [5.41, 5.74) is 5.83. The highest BCUT2D eigenvalue weighted by molar-refractivity contribution is 7.80. The lowest BCUT2D eigenvalue weighted by atomic mass is 10.2. The van der Waals surface area contributed by atoms with Crippen molar-refractivity contribution in [2.45, 2.75) is 5.16 Å². The van der Waals surface area contributed by atoms with Gasteiger partial charge in [-0.2, -0.15) is 0 Å². The van der Waals surface area contributed by atoms with Gasteiger partial charge in [0.05, 0.1) is 11.0 Å². The average Bonchev–Trinajstić information content (AvgIpc) is 2.74. The number of carbonyl (C=O) groups is 2. The molecule has 19 heavy (non-hydrogen) atoms. The third-order valence-electron chi connectivity index (χ3n) is 2.31. The summed E-state index contributed by atoms with van der Waals surface area (Å²) in [6.07, 6.45) is 0. The van der Waals surface area contributed by atoms with Gasteiger partial charge in [0.1, 0.15) is 0 Å². The number of nitrogens with zero attached hydrogens (tertiary/aromatic N) is 2. The molecule has 0 radical (unpaired) electrons. The molecule has 0 aliphatic carbocycles. The first kappa shape index (κ1) is 13.2. The summed E-state index contributed by atoms with van der Waals surface area (Å²) in [5.74, 6) is -0.527. The molecule has 100 valence electrons. The number of carbonyl (C=O) groups excluding carboxylic acids is 2. The Morgan fingerprint density at radius 1 is 1.42 bits per heavy atom. The van der Waals surface area contributed by atoms with E-state index in [1.807, 2.05) is 5.43 Å². The Bertz CT molecular complexity index is 639. The summed E-state index contributed by atoms with van der Waals surface area (Å²) in [6.45, 7) is 0. The average molecular weight is 281 g/mol. The van der Waals surface area contributed by atoms with Gasteiger partial charge >= 0.3 is 6.03 Å². The molecule has 0 atom stereocenters. The van der Waals surface area contributed by atoms with Crippen LogP contribution in [-0.2, 0) is 0 Å². The van der Waals surface area contributed by atoms with E-state index in [-0.39, 0.29) is 0 Å². The number of nitrogens with one attached hydrogen (secondary N) is 3. The zero-order valence-corrected chi connectivity index (χ0v) is 10.7. The number of imidazole rings is 1. The van der Waals surface area contributed by atoms with E-state index in [4.69, 9.17) is 5.21 Å². The molecule has 0 bridgehead atoms. The molecule has 1 aromatic carbocycles. The van der Waals surface area contributed by atoms with Crippen LogP contribution >= 0.6 is 12.6 Å². The van der Waals surface area contributed by atoms with Crippen LogP contribution in [0, 0.1) is 0 Å². The zero-order chi connectivity index (χ0) is 14.0. The van der Waals surface area contributed by atoms with Crippen LogP contribution in [0.4, 0.5) is 4.79 Å². The molecule has 0 saturated carbocycles. The predicted molar refractivity (Wildman–Crippen MR) is 68.9 cm³/mol. The highest BCUT2D eigenvalue weighted by Crippen LogP contribution is 2.15. The summed E-state index contributed by atoms with van der Waals surface area (Å²) in [7, 11) is 1.13. The Morgan fingerprint density at radius 2 is 2.16 bits per heavy atom. The van der Waals surface area contributed by atoms with Crippen molar-refractivity contribution in [1.82, 2.24) is 25.9 Å². The highest BCUT2D eigenvalue weighted by Gasteiger charge is 2.10. The van der Waals surface area contributed by atoms with Gasteiger partial charge in [-0.15, -0.1) is 12.6 Å². The Labute approximate surface area is 113 Å². The van der Waals surface area contributed by atoms with Crippen molar-refractivity contribution < 1.29 is 14.8 Å². The second-order valence-corrected chi connectivity index (χ2v) is 4.12. The van der Waals surface area contributed by atoms with Gasteiger partial charge in [0.25, 0.3) is 5.91 Å². The van der Waals surface area contributed by atoms with Crippen LogP contribution in [-0.4, -0.2) is 39.2 Å². The van der Waals surface area contributed by atoms with Gasteiger partial charge in [0.2, 0.25) is 0 Å². The minimum atomic E-state index is -0.855. The number of rotatable bonds is 1. The number of hydrogen-bond donors (Lipinski definition) is 5. The molecule has 0 unspecified atom stereocenters. The van der Waals surface area contributed by atoms with Gasteiger partial charge in [-0.25, -0.2) is 20.3 Å². The largest absolute Gasteiger partial charge is 0.359 e. The van der Waals surface area contributed by atoms with Crippen molar-refractivity contribution in [2.75, 3.05) is 7.05 Å². The van der Waals surface area contributed by atoms with Crippen LogP contribution in [0.1, 0.15) is 10.4 Å². The first-order valence-electron chi connectivity index (χ1n) is 5.19. The number of urea groups is 1. The summed E-state index contributed by atoms with van der Waals surface area (Å²) in [4.78, 5) is 29.7. The lowest BCUT2D eigenvalue weighted by Gasteiger charge is -2.11. The molecule has 0 aliphatic heterocycles. The van der Waals surface area contributed by atoms with E-state index >= 15 is 0 Å². The van der Waals surface area contributed by atoms with E-state index in [9.17, 15) is 9.59 Å². The topological polar surface area (TPSA) is 110 Å². The van der Waals surface area contributed by atoms with Gasteiger partial charge in [0.15, 0.2) is 5.16 Å². The molecule has 1 aromatic heterocycles. The number of amides is 3. The van der Waals surface area contributed by atoms with Gasteiger partial charge in [-0.05, 0) is 18.2 Å². The monoisotopic (exact) mass is 281 g/mol. The number of aromatic amines is 1. The number of benzene rings is 1. The van der Waals surface area contributed by atoms with E-state index < -0.39 is 11.9 Å². The highest BCUT2D eigenvalue weighted by atomic mass is 32.1. The number of hydroxylamine groups is 2. The Morgan fingerprint density at radius 3 is 2.84 bits per heavy atom. The van der Waals surface area contributed by atoms with Gasteiger partial charge in [0, 0.05) is 12.6 Å². The Hall–Kier alpha value is -2.26. The van der Waals surface area contributed by atoms with Crippen LogP contribution < -0.4 is 10.9 Å². The third-order valence-corrected chi connectivity index (χ3v) is 2.52. The number of H-pyrrole nitrogens is 1. The van der Waals surface area contributed by atoms with Crippen molar-refractivity contribution in [1.29, 1.82) is 0 Å². The van der Waals surface area contributed by atoms with E-state index in [0.29, 0.717) is 21.3 Å². The molecule has 2 aromatic rings. The van der Waals surface area contributed by atoms with Crippen LogP contribution in [0.5, 0.6) is 0 Å². The van der Waals surface area contributed by atoms with Crippen LogP contribution in [0.15, 0.2) is 23.4 Å². The zero-order valence-electron chi connectivity index (χ0n) is 9.84. The fraction of sp³-hybridized carbons (Fsp3) is 0.100. The van der Waals surface area contributed by atoms with Crippen molar-refractivity contribution in [2.24, 2.45) is 0 Å². The number of hydrazine groups is 1. The summed E-state index contributed by atoms with van der Waals surface area (Å²) in [5, 5.41) is 9.55. The summed E-state index contributed by atoms with van der Waals surface area (Å²) < 4.78 is 0. The van der Waals surface area contributed by atoms with Crippen LogP contribution in [0.3, 0.4) is 0 Å². The van der Waals surface area contributed by atoms with Crippen molar-refractivity contribution in [3.63, 3.8) is 0 Å². The first-order valence-corrected chi connectivity index (χ1v) is 5.64. The van der Waals surface area contributed by atoms with Gasteiger partial charge < -0.3 is 4.98 Å². The molecule has 3 amide bonds. The molecule has 0 saturated heterocycles. The first-order chi connectivity index (χ1) is 8.97. The molecule has 2 rings (SSSR count). The SMILES string of the molecule is CN(O)C(=O)NNC(=O)c1ccc2[nH]c(S)nc2c1. The molecule has 0 aliphatic rings. The molecular weight excluding hydrogens is 270 g/mol. The molecule has 4 N–H and O–H groups in total. The molecular formula is C10H11N5O3S. The minimum Gasteiger partial charge on any atom is -0.333 e.